The number of carbonyl (C=O) groups excluding carboxylic acids is 2. The van der Waals surface area contributed by atoms with E-state index in [9.17, 15) is 9.59 Å². The van der Waals surface area contributed by atoms with Gasteiger partial charge in [0, 0.05) is 12.6 Å². The van der Waals surface area contributed by atoms with Crippen molar-refractivity contribution in [3.05, 3.63) is 12.7 Å². The van der Waals surface area contributed by atoms with Gasteiger partial charge in [-0.25, -0.2) is 0 Å². The zero-order valence-corrected chi connectivity index (χ0v) is 7.88. The minimum Gasteiger partial charge on any atom is -0.357 e. The van der Waals surface area contributed by atoms with Crippen molar-refractivity contribution in [3.8, 4) is 0 Å². The van der Waals surface area contributed by atoms with Gasteiger partial charge < -0.3 is 10.6 Å². The number of amides is 2. The summed E-state index contributed by atoms with van der Waals surface area (Å²) >= 11 is 0. The molecular formula is C9H16N2O2. The van der Waals surface area contributed by atoms with E-state index in [4.69, 9.17) is 0 Å². The Balaban J connectivity index is 3.84. The summed E-state index contributed by atoms with van der Waals surface area (Å²) in [5, 5.41) is 5.26. The molecule has 4 nitrogen and oxygen atoms in total. The molecule has 2 amide bonds. The van der Waals surface area contributed by atoms with Crippen LogP contribution in [0, 0.1) is 0 Å². The first-order valence-corrected chi connectivity index (χ1v) is 4.34. The second kappa shape index (κ2) is 7.34. The van der Waals surface area contributed by atoms with E-state index in [1.165, 1.54) is 6.08 Å². The Bertz CT molecular complexity index is 180. The van der Waals surface area contributed by atoms with Crippen molar-refractivity contribution < 1.29 is 9.59 Å². The van der Waals surface area contributed by atoms with Gasteiger partial charge in [-0.05, 0) is 12.5 Å². The quantitative estimate of drug-likeness (QED) is 0.439. The summed E-state index contributed by atoms with van der Waals surface area (Å²) in [6.45, 7) is 5.84. The minimum absolute atomic E-state index is 0.000648. The zero-order valence-electron chi connectivity index (χ0n) is 7.88. The molecule has 0 radical (unpaired) electrons. The van der Waals surface area contributed by atoms with Crippen LogP contribution in [0.5, 0.6) is 0 Å². The van der Waals surface area contributed by atoms with E-state index in [0.29, 0.717) is 13.0 Å². The third-order valence-corrected chi connectivity index (χ3v) is 1.62. The molecule has 0 fully saturated rings. The molecule has 0 aromatic carbocycles. The fraction of sp³-hybridized carbons (Fsp3) is 0.556. The van der Waals surface area contributed by atoms with Gasteiger partial charge >= 0.3 is 0 Å². The monoisotopic (exact) mass is 184 g/mol. The van der Waals surface area contributed by atoms with E-state index >= 15 is 0 Å². The summed E-state index contributed by atoms with van der Waals surface area (Å²) < 4.78 is 0. The Hall–Kier alpha value is -1.32. The zero-order chi connectivity index (χ0) is 10.1. The van der Waals surface area contributed by atoms with Gasteiger partial charge in [0.1, 0.15) is 0 Å². The molecule has 0 spiro atoms. The van der Waals surface area contributed by atoms with Crippen LogP contribution in [-0.2, 0) is 9.59 Å². The maximum absolute atomic E-state index is 10.9. The summed E-state index contributed by atoms with van der Waals surface area (Å²) in [6, 6.07) is 0.000648. The molecule has 13 heavy (non-hydrogen) atoms. The van der Waals surface area contributed by atoms with Crippen molar-refractivity contribution in [3.63, 3.8) is 0 Å². The van der Waals surface area contributed by atoms with Crippen LogP contribution in [0.1, 0.15) is 19.8 Å². The van der Waals surface area contributed by atoms with Crippen molar-refractivity contribution in [2.24, 2.45) is 0 Å². The van der Waals surface area contributed by atoms with Gasteiger partial charge in [-0.1, -0.05) is 19.9 Å². The second-order valence-electron chi connectivity index (χ2n) is 2.72. The molecule has 0 aromatic rings. The Labute approximate surface area is 78.4 Å². The molecular weight excluding hydrogens is 168 g/mol. The first-order chi connectivity index (χ1) is 6.24. The standard InChI is InChI=1S/C9H16N2O2/c1-3-5-8(6-10-7-12)11-9(13)4-2/h4,7-8H,2-3,5-6H2,1H3,(H,10,12)(H,11,13). The van der Waals surface area contributed by atoms with E-state index in [2.05, 4.69) is 17.2 Å². The van der Waals surface area contributed by atoms with Gasteiger partial charge in [0.05, 0.1) is 0 Å². The first kappa shape index (κ1) is 11.7. The van der Waals surface area contributed by atoms with Gasteiger partial charge in [-0.2, -0.15) is 0 Å². The lowest BCUT2D eigenvalue weighted by Gasteiger charge is -2.15. The summed E-state index contributed by atoms with van der Waals surface area (Å²) in [5.41, 5.74) is 0. The Kier molecular flexibility index (Phi) is 6.59. The predicted octanol–water partition coefficient (Wildman–Crippen LogP) is 0.203. The van der Waals surface area contributed by atoms with Gasteiger partial charge in [0.25, 0.3) is 0 Å². The van der Waals surface area contributed by atoms with Crippen LogP contribution in [0.15, 0.2) is 12.7 Å². The van der Waals surface area contributed by atoms with Crippen LogP contribution in [-0.4, -0.2) is 24.9 Å². The molecule has 74 valence electrons. The maximum Gasteiger partial charge on any atom is 0.243 e. The number of rotatable bonds is 7. The van der Waals surface area contributed by atoms with Crippen LogP contribution in [0.25, 0.3) is 0 Å². The van der Waals surface area contributed by atoms with Gasteiger partial charge in [-0.15, -0.1) is 0 Å². The molecule has 0 aliphatic rings. The normalized spacial score (nSPS) is 11.5. The molecule has 4 heteroatoms. The largest absolute Gasteiger partial charge is 0.357 e. The Morgan fingerprint density at radius 1 is 1.62 bits per heavy atom. The summed E-state index contributed by atoms with van der Waals surface area (Å²) in [6.07, 6.45) is 3.66. The smallest absolute Gasteiger partial charge is 0.243 e. The molecule has 1 unspecified atom stereocenters. The number of nitrogens with one attached hydrogen (secondary N) is 2. The van der Waals surface area contributed by atoms with Crippen molar-refractivity contribution in [2.45, 2.75) is 25.8 Å². The lowest BCUT2D eigenvalue weighted by atomic mass is 10.1. The van der Waals surface area contributed by atoms with Crippen molar-refractivity contribution >= 4 is 12.3 Å². The Morgan fingerprint density at radius 3 is 2.77 bits per heavy atom. The molecule has 0 bridgehead atoms. The van der Waals surface area contributed by atoms with Gasteiger partial charge in [0.2, 0.25) is 12.3 Å². The van der Waals surface area contributed by atoms with E-state index in [-0.39, 0.29) is 11.9 Å². The highest BCUT2D eigenvalue weighted by molar-refractivity contribution is 5.87. The van der Waals surface area contributed by atoms with Gasteiger partial charge in [-0.3, -0.25) is 9.59 Å². The highest BCUT2D eigenvalue weighted by atomic mass is 16.1. The van der Waals surface area contributed by atoms with Crippen LogP contribution in [0.3, 0.4) is 0 Å². The van der Waals surface area contributed by atoms with Gasteiger partial charge in [0.15, 0.2) is 0 Å². The molecule has 0 aromatic heterocycles. The van der Waals surface area contributed by atoms with E-state index < -0.39 is 0 Å². The van der Waals surface area contributed by atoms with Crippen molar-refractivity contribution in [1.82, 2.24) is 10.6 Å². The minimum atomic E-state index is -0.203. The molecule has 1 atom stereocenters. The predicted molar refractivity (Wildman–Crippen MR) is 51.1 cm³/mol. The lowest BCUT2D eigenvalue weighted by molar-refractivity contribution is -0.117. The van der Waals surface area contributed by atoms with Crippen molar-refractivity contribution in [1.29, 1.82) is 0 Å². The average molecular weight is 184 g/mol. The highest BCUT2D eigenvalue weighted by Crippen LogP contribution is 1.94. The fourth-order valence-electron chi connectivity index (χ4n) is 1.02. The molecule has 0 saturated carbocycles. The summed E-state index contributed by atoms with van der Waals surface area (Å²) in [7, 11) is 0. The van der Waals surface area contributed by atoms with Crippen LogP contribution < -0.4 is 10.6 Å². The number of hydrogen-bond donors (Lipinski definition) is 2. The molecule has 0 rings (SSSR count). The average Bonchev–Trinajstić information content (AvgIpc) is 2.14. The third kappa shape index (κ3) is 5.90. The van der Waals surface area contributed by atoms with Crippen LogP contribution in [0.2, 0.25) is 0 Å². The van der Waals surface area contributed by atoms with Crippen molar-refractivity contribution in [2.75, 3.05) is 6.54 Å². The topological polar surface area (TPSA) is 58.2 Å². The molecule has 0 saturated heterocycles. The maximum atomic E-state index is 10.9. The van der Waals surface area contributed by atoms with E-state index in [1.54, 1.807) is 0 Å². The Morgan fingerprint density at radius 2 is 2.31 bits per heavy atom. The number of hydrogen-bond acceptors (Lipinski definition) is 2. The molecule has 0 aliphatic carbocycles. The summed E-state index contributed by atoms with van der Waals surface area (Å²) in [5.74, 6) is -0.203. The third-order valence-electron chi connectivity index (χ3n) is 1.62. The number of carbonyl (C=O) groups is 2. The fourth-order valence-corrected chi connectivity index (χ4v) is 1.02. The van der Waals surface area contributed by atoms with E-state index in [0.717, 1.165) is 12.8 Å². The first-order valence-electron chi connectivity index (χ1n) is 4.34. The lowest BCUT2D eigenvalue weighted by Crippen LogP contribution is -2.40. The highest BCUT2D eigenvalue weighted by Gasteiger charge is 2.07. The van der Waals surface area contributed by atoms with Crippen LogP contribution in [0.4, 0.5) is 0 Å². The molecule has 2 N–H and O–H groups in total. The SMILES string of the molecule is C=CC(=O)NC(CCC)CNC=O. The van der Waals surface area contributed by atoms with E-state index in [1.807, 2.05) is 6.92 Å². The second-order valence-corrected chi connectivity index (χ2v) is 2.72. The van der Waals surface area contributed by atoms with Crippen LogP contribution >= 0.6 is 0 Å². The summed E-state index contributed by atoms with van der Waals surface area (Å²) in [4.78, 5) is 20.9. The molecule has 0 heterocycles. The molecule has 0 aliphatic heterocycles.